The van der Waals surface area contributed by atoms with Crippen molar-refractivity contribution in [3.8, 4) is 5.88 Å². The van der Waals surface area contributed by atoms with Gasteiger partial charge in [0.05, 0.1) is 14.2 Å². The van der Waals surface area contributed by atoms with Crippen LogP contribution in [0.25, 0.3) is 0 Å². The Hall–Kier alpha value is -2.10. The second kappa shape index (κ2) is 5.04. The molecule has 1 aromatic rings. The predicted molar refractivity (Wildman–Crippen MR) is 55.0 cm³/mol. The molecule has 100 valence electrons. The number of guanidine groups is 1. The number of alkyl halides is 3. The lowest BCUT2D eigenvalue weighted by Gasteiger charge is -2.18. The van der Waals surface area contributed by atoms with Crippen LogP contribution >= 0.6 is 0 Å². The molecule has 18 heavy (non-hydrogen) atoms. The van der Waals surface area contributed by atoms with Gasteiger partial charge in [-0.3, -0.25) is 10.2 Å². The van der Waals surface area contributed by atoms with E-state index in [4.69, 9.17) is 11.1 Å². The summed E-state index contributed by atoms with van der Waals surface area (Å²) in [6.45, 7) is 0. The van der Waals surface area contributed by atoms with E-state index in [1.807, 2.05) is 0 Å². The lowest BCUT2D eigenvalue weighted by Crippen LogP contribution is -2.37. The van der Waals surface area contributed by atoms with Crippen LogP contribution in [0.1, 0.15) is 5.69 Å². The van der Waals surface area contributed by atoms with E-state index in [0.717, 1.165) is 14.2 Å². The van der Waals surface area contributed by atoms with E-state index < -0.39 is 23.8 Å². The summed E-state index contributed by atoms with van der Waals surface area (Å²) in [5, 5.41) is 7.65. The Balaban J connectivity index is 3.32. The smallest absolute Gasteiger partial charge is 0.433 e. The molecule has 0 spiro atoms. The Bertz CT molecular complexity index is 451. The summed E-state index contributed by atoms with van der Waals surface area (Å²) in [5.74, 6) is -1.54. The van der Waals surface area contributed by atoms with E-state index in [1.165, 1.54) is 0 Å². The molecule has 0 saturated carbocycles. The molecule has 0 aromatic carbocycles. The van der Waals surface area contributed by atoms with Gasteiger partial charge in [-0.25, -0.2) is 4.98 Å². The first kappa shape index (κ1) is 14.0. The third-order valence-electron chi connectivity index (χ3n) is 1.77. The molecule has 1 aromatic heterocycles. The zero-order valence-electron chi connectivity index (χ0n) is 9.45. The largest absolute Gasteiger partial charge is 0.481 e. The molecular weight excluding hydrogens is 255 g/mol. The highest BCUT2D eigenvalue weighted by atomic mass is 19.4. The number of nitrogens with one attached hydrogen (secondary N) is 1. The Morgan fingerprint density at radius 1 is 1.39 bits per heavy atom. The number of hydrogen-bond acceptors (Lipinski definition) is 5. The summed E-state index contributed by atoms with van der Waals surface area (Å²) >= 11 is 0. The van der Waals surface area contributed by atoms with Crippen molar-refractivity contribution < 1.29 is 22.7 Å². The van der Waals surface area contributed by atoms with E-state index in [2.05, 4.69) is 19.5 Å². The maximum Gasteiger partial charge on any atom is 0.433 e. The maximum absolute atomic E-state index is 12.6. The molecule has 0 atom stereocenters. The average molecular weight is 265 g/mol. The summed E-state index contributed by atoms with van der Waals surface area (Å²) in [6.07, 6.45) is -4.68. The minimum atomic E-state index is -4.68. The molecule has 0 unspecified atom stereocenters. The van der Waals surface area contributed by atoms with Crippen molar-refractivity contribution in [2.24, 2.45) is 5.73 Å². The van der Waals surface area contributed by atoms with Crippen LogP contribution in [0.3, 0.4) is 0 Å². The number of halogens is 3. The van der Waals surface area contributed by atoms with Crippen LogP contribution < -0.4 is 15.5 Å². The van der Waals surface area contributed by atoms with Crippen LogP contribution in [0.15, 0.2) is 6.07 Å². The first-order valence-corrected chi connectivity index (χ1v) is 4.48. The molecule has 0 bridgehead atoms. The van der Waals surface area contributed by atoms with E-state index in [9.17, 15) is 13.2 Å². The van der Waals surface area contributed by atoms with E-state index in [0.29, 0.717) is 11.1 Å². The number of anilines is 1. The minimum absolute atomic E-state index is 0.323. The predicted octanol–water partition coefficient (Wildman–Crippen LogP) is 0.765. The Morgan fingerprint density at radius 2 is 2.00 bits per heavy atom. The molecule has 1 rings (SSSR count). The fourth-order valence-corrected chi connectivity index (χ4v) is 1.04. The van der Waals surface area contributed by atoms with Gasteiger partial charge >= 0.3 is 6.18 Å². The van der Waals surface area contributed by atoms with Gasteiger partial charge in [-0.2, -0.15) is 23.2 Å². The minimum Gasteiger partial charge on any atom is -0.481 e. The van der Waals surface area contributed by atoms with Crippen molar-refractivity contribution in [1.29, 1.82) is 5.41 Å². The molecule has 3 N–H and O–H groups in total. The molecule has 0 saturated heterocycles. The van der Waals surface area contributed by atoms with Crippen LogP contribution in [0, 0.1) is 5.41 Å². The van der Waals surface area contributed by atoms with Crippen molar-refractivity contribution >= 4 is 11.9 Å². The number of rotatable bonds is 3. The van der Waals surface area contributed by atoms with Gasteiger partial charge in [0.1, 0.15) is 0 Å². The summed E-state index contributed by atoms with van der Waals surface area (Å²) in [6, 6.07) is 0.622. The normalized spacial score (nSPS) is 11.2. The Morgan fingerprint density at radius 3 is 2.39 bits per heavy atom. The van der Waals surface area contributed by atoms with Crippen LogP contribution in [-0.4, -0.2) is 30.1 Å². The second-order valence-corrected chi connectivity index (χ2v) is 2.96. The first-order valence-electron chi connectivity index (χ1n) is 4.48. The highest BCUT2D eigenvalue weighted by Crippen LogP contribution is 2.30. The van der Waals surface area contributed by atoms with Gasteiger partial charge < -0.3 is 10.5 Å². The number of nitrogens with two attached hydrogens (primary N) is 1. The summed E-state index contributed by atoms with van der Waals surface area (Å²) in [4.78, 5) is 11.4. The molecule has 0 fully saturated rings. The average Bonchev–Trinajstić information content (AvgIpc) is 2.27. The zero-order chi connectivity index (χ0) is 13.9. The number of nitrogens with zero attached hydrogens (tertiary/aromatic N) is 3. The third-order valence-corrected chi connectivity index (χ3v) is 1.77. The van der Waals surface area contributed by atoms with Crippen molar-refractivity contribution in [2.75, 3.05) is 19.3 Å². The lowest BCUT2D eigenvalue weighted by atomic mass is 10.4. The number of hydrogen-bond donors (Lipinski definition) is 2. The van der Waals surface area contributed by atoms with E-state index in [1.54, 1.807) is 0 Å². The van der Waals surface area contributed by atoms with Gasteiger partial charge in [-0.05, 0) is 0 Å². The fourth-order valence-electron chi connectivity index (χ4n) is 1.04. The summed E-state index contributed by atoms with van der Waals surface area (Å²) in [5.41, 5.74) is 3.88. The number of aromatic nitrogens is 2. The van der Waals surface area contributed by atoms with Crippen molar-refractivity contribution in [1.82, 2.24) is 9.97 Å². The molecular formula is C8H10F3N5O2. The second-order valence-electron chi connectivity index (χ2n) is 2.96. The highest BCUT2D eigenvalue weighted by Gasteiger charge is 2.34. The highest BCUT2D eigenvalue weighted by molar-refractivity contribution is 5.88. The third kappa shape index (κ3) is 2.97. The zero-order valence-corrected chi connectivity index (χ0v) is 9.45. The molecule has 10 heteroatoms. The van der Waals surface area contributed by atoms with Gasteiger partial charge in [0.15, 0.2) is 5.69 Å². The first-order chi connectivity index (χ1) is 8.29. The number of hydroxylamine groups is 1. The van der Waals surface area contributed by atoms with E-state index >= 15 is 0 Å². The molecule has 0 aliphatic rings. The summed E-state index contributed by atoms with van der Waals surface area (Å²) < 4.78 is 42.3. The SMILES string of the molecule is COc1cc(C(F)(F)F)nc(N(OC)C(=N)N)n1. The summed E-state index contributed by atoms with van der Waals surface area (Å²) in [7, 11) is 2.26. The van der Waals surface area contributed by atoms with Crippen molar-refractivity contribution in [3.63, 3.8) is 0 Å². The molecule has 0 radical (unpaired) electrons. The lowest BCUT2D eigenvalue weighted by molar-refractivity contribution is -0.141. The quantitative estimate of drug-likeness (QED) is 0.476. The van der Waals surface area contributed by atoms with Gasteiger partial charge in [0, 0.05) is 6.07 Å². The topological polar surface area (TPSA) is 97.4 Å². The Labute approximate surface area is 99.8 Å². The van der Waals surface area contributed by atoms with Crippen molar-refractivity contribution in [2.45, 2.75) is 6.18 Å². The fraction of sp³-hybridized carbons (Fsp3) is 0.375. The van der Waals surface area contributed by atoms with Gasteiger partial charge in [-0.15, -0.1) is 0 Å². The monoisotopic (exact) mass is 265 g/mol. The van der Waals surface area contributed by atoms with Gasteiger partial charge in [0.25, 0.3) is 5.95 Å². The molecule has 1 heterocycles. The number of ether oxygens (including phenoxy) is 1. The molecule has 7 nitrogen and oxygen atoms in total. The van der Waals surface area contributed by atoms with Crippen LogP contribution in [0.5, 0.6) is 5.88 Å². The van der Waals surface area contributed by atoms with Gasteiger partial charge in [-0.1, -0.05) is 0 Å². The Kier molecular flexibility index (Phi) is 3.91. The molecule has 0 aliphatic carbocycles. The van der Waals surface area contributed by atoms with E-state index in [-0.39, 0.29) is 5.88 Å². The molecule has 0 amide bonds. The van der Waals surface area contributed by atoms with Crippen LogP contribution in [0.4, 0.5) is 19.1 Å². The number of methoxy groups -OCH3 is 1. The van der Waals surface area contributed by atoms with Crippen LogP contribution in [-0.2, 0) is 11.0 Å². The van der Waals surface area contributed by atoms with Gasteiger partial charge in [0.2, 0.25) is 11.8 Å². The molecule has 0 aliphatic heterocycles. The maximum atomic E-state index is 12.6. The standard InChI is InChI=1S/C8H10F3N5O2/c1-17-5-3-4(8(9,10)11)14-7(15-5)16(18-2)6(12)13/h3H,1-2H3,(H3,12,13). The van der Waals surface area contributed by atoms with Crippen molar-refractivity contribution in [3.05, 3.63) is 11.8 Å². The van der Waals surface area contributed by atoms with Crippen LogP contribution in [0.2, 0.25) is 0 Å².